The van der Waals surface area contributed by atoms with Crippen molar-refractivity contribution >= 4 is 23.2 Å². The van der Waals surface area contributed by atoms with Gasteiger partial charge in [-0.2, -0.15) is 0 Å². The number of benzene rings is 3. The summed E-state index contributed by atoms with van der Waals surface area (Å²) in [6, 6.07) is 17.2. The number of nitrogens with one attached hydrogen (secondary N) is 1. The third-order valence-electron chi connectivity index (χ3n) is 5.18. The lowest BCUT2D eigenvalue weighted by Crippen LogP contribution is -2.33. The number of carbonyl (C=O) groups is 3. The van der Waals surface area contributed by atoms with E-state index in [1.54, 1.807) is 66.5 Å². The van der Waals surface area contributed by atoms with Gasteiger partial charge in [-0.15, -0.1) is 0 Å². The number of hydrogen-bond donors (Lipinski definition) is 1. The summed E-state index contributed by atoms with van der Waals surface area (Å²) in [7, 11) is 1.78. The van der Waals surface area contributed by atoms with Gasteiger partial charge in [0.25, 0.3) is 0 Å². The number of likely N-dealkylation sites (N-methyl/N-ethyl adjacent to an activating group) is 1. The Kier molecular flexibility index (Phi) is 6.09. The summed E-state index contributed by atoms with van der Waals surface area (Å²) in [6.45, 7) is 0.933. The molecule has 3 aromatic carbocycles. The van der Waals surface area contributed by atoms with Crippen LogP contribution in [0.4, 0.5) is 10.1 Å². The second kappa shape index (κ2) is 9.11. The van der Waals surface area contributed by atoms with Crippen molar-refractivity contribution in [2.75, 3.05) is 32.1 Å². The smallest absolute Gasteiger partial charge is 0.238 e. The highest BCUT2D eigenvalue weighted by atomic mass is 19.1. The molecule has 7 heteroatoms. The fourth-order valence-corrected chi connectivity index (χ4v) is 3.55. The maximum Gasteiger partial charge on any atom is 0.238 e. The van der Waals surface area contributed by atoms with Crippen LogP contribution < -0.4 is 10.1 Å². The van der Waals surface area contributed by atoms with Gasteiger partial charge in [0.1, 0.15) is 18.2 Å². The van der Waals surface area contributed by atoms with E-state index in [0.717, 1.165) is 0 Å². The topological polar surface area (TPSA) is 75.7 Å². The van der Waals surface area contributed by atoms with Crippen LogP contribution in [0.3, 0.4) is 0 Å². The third kappa shape index (κ3) is 4.58. The molecule has 0 radical (unpaired) electrons. The normalized spacial score (nSPS) is 12.3. The maximum absolute atomic E-state index is 12.9. The van der Waals surface area contributed by atoms with Crippen LogP contribution in [0.2, 0.25) is 0 Å². The highest BCUT2D eigenvalue weighted by Crippen LogP contribution is 2.29. The first-order valence-electron chi connectivity index (χ1n) is 10.1. The molecule has 0 heterocycles. The Hall–Kier alpha value is -3.84. The fourth-order valence-electron chi connectivity index (χ4n) is 3.55. The van der Waals surface area contributed by atoms with Crippen LogP contribution in [-0.4, -0.2) is 49.1 Å². The zero-order chi connectivity index (χ0) is 22.7. The molecule has 6 nitrogen and oxygen atoms in total. The molecule has 0 saturated carbocycles. The molecule has 1 aliphatic carbocycles. The van der Waals surface area contributed by atoms with Gasteiger partial charge in [0.05, 0.1) is 6.54 Å². The minimum Gasteiger partial charge on any atom is -0.492 e. The van der Waals surface area contributed by atoms with Crippen LogP contribution in [0.25, 0.3) is 0 Å². The highest BCUT2D eigenvalue weighted by molar-refractivity contribution is 6.28. The number of ketones is 2. The molecule has 0 bridgehead atoms. The zero-order valence-electron chi connectivity index (χ0n) is 17.4. The summed E-state index contributed by atoms with van der Waals surface area (Å²) in [5, 5.41) is 2.77. The molecule has 0 fully saturated rings. The molecule has 4 rings (SSSR count). The highest BCUT2D eigenvalue weighted by Gasteiger charge is 2.29. The van der Waals surface area contributed by atoms with E-state index in [9.17, 15) is 18.8 Å². The Bertz CT molecular complexity index is 1190. The van der Waals surface area contributed by atoms with Gasteiger partial charge in [-0.1, -0.05) is 24.3 Å². The van der Waals surface area contributed by atoms with E-state index in [0.29, 0.717) is 41.3 Å². The maximum atomic E-state index is 12.9. The first-order chi connectivity index (χ1) is 15.4. The van der Waals surface area contributed by atoms with Crippen LogP contribution in [0.15, 0.2) is 66.7 Å². The molecular formula is C25H21FN2O4. The average Bonchev–Trinajstić information content (AvgIpc) is 2.78. The van der Waals surface area contributed by atoms with Gasteiger partial charge in [0.2, 0.25) is 5.91 Å². The molecule has 0 spiro atoms. The zero-order valence-corrected chi connectivity index (χ0v) is 17.4. The van der Waals surface area contributed by atoms with Crippen LogP contribution in [0, 0.1) is 5.82 Å². The molecule has 0 atom stereocenters. The van der Waals surface area contributed by atoms with Crippen LogP contribution in [0.1, 0.15) is 31.8 Å². The van der Waals surface area contributed by atoms with E-state index < -0.39 is 0 Å². The molecular weight excluding hydrogens is 411 g/mol. The number of amides is 1. The molecule has 32 heavy (non-hydrogen) atoms. The molecule has 1 aliphatic rings. The lowest BCUT2D eigenvalue weighted by atomic mass is 9.84. The fraction of sp³-hybridized carbons (Fsp3) is 0.160. The largest absolute Gasteiger partial charge is 0.492 e. The minimum absolute atomic E-state index is 0.111. The van der Waals surface area contributed by atoms with Crippen LogP contribution in [0.5, 0.6) is 5.75 Å². The summed E-state index contributed by atoms with van der Waals surface area (Å²) < 4.78 is 18.5. The standard InChI is InChI=1S/C25H21FN2O4/c1-28(12-13-32-18-9-6-16(26)7-10-18)15-23(29)27-17-8-11-21-22(14-17)25(31)20-5-3-2-4-19(20)24(21)30/h2-11,14H,12-13,15H2,1H3,(H,27,29). The van der Waals surface area contributed by atoms with Crippen molar-refractivity contribution in [1.82, 2.24) is 4.90 Å². The second-order valence-corrected chi connectivity index (χ2v) is 7.55. The Morgan fingerprint density at radius 2 is 1.53 bits per heavy atom. The first kappa shape index (κ1) is 21.4. The predicted molar refractivity (Wildman–Crippen MR) is 118 cm³/mol. The summed E-state index contributed by atoms with van der Waals surface area (Å²) in [6.07, 6.45) is 0. The summed E-state index contributed by atoms with van der Waals surface area (Å²) in [5.74, 6) is -0.470. The van der Waals surface area contributed by atoms with E-state index >= 15 is 0 Å². The molecule has 3 aromatic rings. The van der Waals surface area contributed by atoms with Gasteiger partial charge < -0.3 is 10.1 Å². The number of fused-ring (bicyclic) bond motifs is 2. The number of ether oxygens (including phenoxy) is 1. The number of nitrogens with zero attached hydrogens (tertiary/aromatic N) is 1. The molecule has 1 amide bonds. The minimum atomic E-state index is -0.330. The molecule has 0 unspecified atom stereocenters. The number of anilines is 1. The van der Waals surface area contributed by atoms with Gasteiger partial charge in [-0.3, -0.25) is 19.3 Å². The van der Waals surface area contributed by atoms with Crippen molar-refractivity contribution in [1.29, 1.82) is 0 Å². The quantitative estimate of drug-likeness (QED) is 0.483. The van der Waals surface area contributed by atoms with E-state index in [-0.39, 0.29) is 35.4 Å². The number of hydrogen-bond acceptors (Lipinski definition) is 5. The van der Waals surface area contributed by atoms with Crippen LogP contribution >= 0.6 is 0 Å². The molecule has 0 saturated heterocycles. The predicted octanol–water partition coefficient (Wildman–Crippen LogP) is 3.55. The third-order valence-corrected chi connectivity index (χ3v) is 5.18. The van der Waals surface area contributed by atoms with E-state index in [1.807, 2.05) is 0 Å². The van der Waals surface area contributed by atoms with Crippen LogP contribution in [-0.2, 0) is 4.79 Å². The van der Waals surface area contributed by atoms with E-state index in [2.05, 4.69) is 5.32 Å². The Morgan fingerprint density at radius 3 is 2.22 bits per heavy atom. The summed E-state index contributed by atoms with van der Waals surface area (Å²) in [5.41, 5.74) is 1.83. The van der Waals surface area contributed by atoms with Crippen molar-refractivity contribution in [3.63, 3.8) is 0 Å². The van der Waals surface area contributed by atoms with E-state index in [4.69, 9.17) is 4.74 Å². The Balaban J connectivity index is 1.34. The molecule has 0 aromatic heterocycles. The van der Waals surface area contributed by atoms with Gasteiger partial charge >= 0.3 is 0 Å². The SMILES string of the molecule is CN(CCOc1ccc(F)cc1)CC(=O)Nc1ccc2c(c1)C(=O)c1ccccc1C2=O. The lowest BCUT2D eigenvalue weighted by Gasteiger charge is -2.19. The van der Waals surface area contributed by atoms with E-state index in [1.165, 1.54) is 12.1 Å². The molecule has 0 aliphatic heterocycles. The lowest BCUT2D eigenvalue weighted by molar-refractivity contribution is -0.117. The number of carbonyl (C=O) groups excluding carboxylic acids is 3. The first-order valence-corrected chi connectivity index (χ1v) is 10.1. The second-order valence-electron chi connectivity index (χ2n) is 7.55. The van der Waals surface area contributed by atoms with Crippen molar-refractivity contribution in [2.24, 2.45) is 0 Å². The Labute approximate surface area is 184 Å². The van der Waals surface area contributed by atoms with Crippen molar-refractivity contribution < 1.29 is 23.5 Å². The van der Waals surface area contributed by atoms with Gasteiger partial charge in [-0.05, 0) is 49.5 Å². The number of halogens is 1. The summed E-state index contributed by atoms with van der Waals surface area (Å²) >= 11 is 0. The molecule has 1 N–H and O–H groups in total. The molecule has 162 valence electrons. The average molecular weight is 432 g/mol. The van der Waals surface area contributed by atoms with Gasteiger partial charge in [-0.25, -0.2) is 4.39 Å². The van der Waals surface area contributed by atoms with Crippen molar-refractivity contribution in [3.05, 3.63) is 94.8 Å². The number of rotatable bonds is 7. The van der Waals surface area contributed by atoms with Gasteiger partial charge in [0, 0.05) is 34.5 Å². The summed E-state index contributed by atoms with van der Waals surface area (Å²) in [4.78, 5) is 39.7. The Morgan fingerprint density at radius 1 is 0.906 bits per heavy atom. The van der Waals surface area contributed by atoms with Crippen molar-refractivity contribution in [3.8, 4) is 5.75 Å². The monoisotopic (exact) mass is 432 g/mol. The van der Waals surface area contributed by atoms with Gasteiger partial charge in [0.15, 0.2) is 11.6 Å². The van der Waals surface area contributed by atoms with Crippen molar-refractivity contribution in [2.45, 2.75) is 0 Å².